The van der Waals surface area contributed by atoms with Gasteiger partial charge < -0.3 is 5.32 Å². The second kappa shape index (κ2) is 5.96. The Hall–Kier alpha value is -1.41. The van der Waals surface area contributed by atoms with Gasteiger partial charge >= 0.3 is 0 Å². The van der Waals surface area contributed by atoms with Crippen molar-refractivity contribution >= 4 is 21.6 Å². The third kappa shape index (κ3) is 5.28. The molecule has 0 aliphatic rings. The van der Waals surface area contributed by atoms with Gasteiger partial charge in [0.15, 0.2) is 0 Å². The molecule has 0 unspecified atom stereocenters. The molecule has 2 N–H and O–H groups in total. The second-order valence-corrected chi connectivity index (χ2v) is 6.10. The van der Waals surface area contributed by atoms with Gasteiger partial charge in [0.05, 0.1) is 18.1 Å². The summed E-state index contributed by atoms with van der Waals surface area (Å²) < 4.78 is 25.6. The van der Waals surface area contributed by atoms with Gasteiger partial charge in [0.1, 0.15) is 0 Å². The first kappa shape index (κ1) is 14.7. The summed E-state index contributed by atoms with van der Waals surface area (Å²) in [6.45, 7) is 4.05. The van der Waals surface area contributed by atoms with E-state index in [1.54, 1.807) is 17.1 Å². The number of amides is 1. The van der Waals surface area contributed by atoms with Crippen molar-refractivity contribution < 1.29 is 13.2 Å². The van der Waals surface area contributed by atoms with Crippen LogP contribution in [0.2, 0.25) is 0 Å². The molecule has 1 heterocycles. The van der Waals surface area contributed by atoms with Gasteiger partial charge in [-0.2, -0.15) is 5.10 Å². The standard InChI is InChI=1S/C10H18N4O3S/c1-8(2)14-7-9(6-11-14)13-10(15)4-5-12-18(3,16)17/h6-8,12H,4-5H2,1-3H3,(H,13,15). The topological polar surface area (TPSA) is 93.1 Å². The molecule has 0 saturated carbocycles. The predicted octanol–water partition coefficient (Wildman–Crippen LogP) is 0.342. The van der Waals surface area contributed by atoms with Crippen molar-refractivity contribution in [2.75, 3.05) is 18.1 Å². The zero-order valence-corrected chi connectivity index (χ0v) is 11.5. The Bertz CT molecular complexity index is 507. The summed E-state index contributed by atoms with van der Waals surface area (Å²) >= 11 is 0. The lowest BCUT2D eigenvalue weighted by atomic mass is 10.4. The van der Waals surface area contributed by atoms with Crippen LogP contribution < -0.4 is 10.0 Å². The molecule has 0 aromatic carbocycles. The van der Waals surface area contributed by atoms with E-state index in [4.69, 9.17) is 0 Å². The number of carbonyl (C=O) groups is 1. The van der Waals surface area contributed by atoms with E-state index in [2.05, 4.69) is 15.1 Å². The molecule has 1 amide bonds. The monoisotopic (exact) mass is 274 g/mol. The van der Waals surface area contributed by atoms with Crippen molar-refractivity contribution in [3.8, 4) is 0 Å². The zero-order chi connectivity index (χ0) is 13.8. The van der Waals surface area contributed by atoms with Crippen LogP contribution in [0.1, 0.15) is 26.3 Å². The Morgan fingerprint density at radius 1 is 1.50 bits per heavy atom. The van der Waals surface area contributed by atoms with Crippen molar-refractivity contribution in [3.63, 3.8) is 0 Å². The van der Waals surface area contributed by atoms with E-state index < -0.39 is 10.0 Å². The number of hydrogen-bond acceptors (Lipinski definition) is 4. The molecule has 0 aliphatic heterocycles. The SMILES string of the molecule is CC(C)n1cc(NC(=O)CCNS(C)(=O)=O)cn1. The zero-order valence-electron chi connectivity index (χ0n) is 10.7. The van der Waals surface area contributed by atoms with E-state index >= 15 is 0 Å². The van der Waals surface area contributed by atoms with Crippen LogP contribution in [0, 0.1) is 0 Å². The number of nitrogens with zero attached hydrogens (tertiary/aromatic N) is 2. The van der Waals surface area contributed by atoms with E-state index in [-0.39, 0.29) is 24.9 Å². The molecule has 1 aromatic heterocycles. The van der Waals surface area contributed by atoms with Crippen LogP contribution in [0.3, 0.4) is 0 Å². The summed E-state index contributed by atoms with van der Waals surface area (Å²) in [7, 11) is -3.25. The Morgan fingerprint density at radius 2 is 2.17 bits per heavy atom. The van der Waals surface area contributed by atoms with Gasteiger partial charge in [0.2, 0.25) is 15.9 Å². The normalized spacial score (nSPS) is 11.8. The quantitative estimate of drug-likeness (QED) is 0.782. The maximum absolute atomic E-state index is 11.5. The summed E-state index contributed by atoms with van der Waals surface area (Å²) in [5, 5.41) is 6.73. The number of rotatable bonds is 6. The highest BCUT2D eigenvalue weighted by Crippen LogP contribution is 2.09. The van der Waals surface area contributed by atoms with Gasteiger partial charge in [0.25, 0.3) is 0 Å². The van der Waals surface area contributed by atoms with Crippen molar-refractivity contribution in [1.82, 2.24) is 14.5 Å². The number of nitrogens with one attached hydrogen (secondary N) is 2. The predicted molar refractivity (Wildman–Crippen MR) is 68.7 cm³/mol. The third-order valence-electron chi connectivity index (χ3n) is 2.13. The van der Waals surface area contributed by atoms with Crippen LogP contribution in [0.15, 0.2) is 12.4 Å². The van der Waals surface area contributed by atoms with E-state index in [9.17, 15) is 13.2 Å². The van der Waals surface area contributed by atoms with Gasteiger partial charge in [-0.05, 0) is 13.8 Å². The first-order valence-electron chi connectivity index (χ1n) is 5.56. The van der Waals surface area contributed by atoms with Crippen molar-refractivity contribution in [2.45, 2.75) is 26.3 Å². The highest BCUT2D eigenvalue weighted by atomic mass is 32.2. The largest absolute Gasteiger partial charge is 0.323 e. The summed E-state index contributed by atoms with van der Waals surface area (Å²) in [5.74, 6) is -0.255. The van der Waals surface area contributed by atoms with Gasteiger partial charge in [-0.3, -0.25) is 9.48 Å². The first-order valence-corrected chi connectivity index (χ1v) is 7.45. The molecule has 0 aliphatic carbocycles. The number of aromatic nitrogens is 2. The highest BCUT2D eigenvalue weighted by molar-refractivity contribution is 7.88. The number of anilines is 1. The fourth-order valence-electron chi connectivity index (χ4n) is 1.26. The summed E-state index contributed by atoms with van der Waals surface area (Å²) in [6, 6.07) is 0.225. The Labute approximate surface area is 107 Å². The fourth-order valence-corrected chi connectivity index (χ4v) is 1.73. The van der Waals surface area contributed by atoms with Gasteiger partial charge in [-0.25, -0.2) is 13.1 Å². The van der Waals surface area contributed by atoms with Gasteiger partial charge in [0, 0.05) is 25.2 Å². The Morgan fingerprint density at radius 3 is 2.67 bits per heavy atom. The van der Waals surface area contributed by atoms with E-state index in [0.29, 0.717) is 5.69 Å². The Balaban J connectivity index is 2.40. The molecule has 8 heteroatoms. The average molecular weight is 274 g/mol. The number of carbonyl (C=O) groups excluding carboxylic acids is 1. The minimum Gasteiger partial charge on any atom is -0.323 e. The summed E-state index contributed by atoms with van der Waals surface area (Å²) in [5.41, 5.74) is 0.605. The van der Waals surface area contributed by atoms with E-state index in [1.165, 1.54) is 0 Å². The molecule has 0 radical (unpaired) electrons. The molecule has 0 atom stereocenters. The third-order valence-corrected chi connectivity index (χ3v) is 2.86. The average Bonchev–Trinajstić information content (AvgIpc) is 2.64. The van der Waals surface area contributed by atoms with Crippen LogP contribution in [0.25, 0.3) is 0 Å². The Kier molecular flexibility index (Phi) is 4.85. The minimum atomic E-state index is -3.25. The van der Waals surface area contributed by atoms with Gasteiger partial charge in [-0.15, -0.1) is 0 Å². The molecular formula is C10H18N4O3S. The van der Waals surface area contributed by atoms with E-state index in [1.807, 2.05) is 13.8 Å². The maximum atomic E-state index is 11.5. The van der Waals surface area contributed by atoms with Crippen LogP contribution in [0.4, 0.5) is 5.69 Å². The van der Waals surface area contributed by atoms with Crippen LogP contribution >= 0.6 is 0 Å². The van der Waals surface area contributed by atoms with Crippen LogP contribution in [-0.4, -0.2) is 36.9 Å². The fraction of sp³-hybridized carbons (Fsp3) is 0.600. The number of hydrogen-bond donors (Lipinski definition) is 2. The van der Waals surface area contributed by atoms with Crippen molar-refractivity contribution in [1.29, 1.82) is 0 Å². The van der Waals surface area contributed by atoms with Crippen LogP contribution in [0.5, 0.6) is 0 Å². The molecular weight excluding hydrogens is 256 g/mol. The summed E-state index contributed by atoms with van der Waals surface area (Å²) in [4.78, 5) is 11.5. The van der Waals surface area contributed by atoms with E-state index in [0.717, 1.165) is 6.26 Å². The molecule has 102 valence electrons. The van der Waals surface area contributed by atoms with Gasteiger partial charge in [-0.1, -0.05) is 0 Å². The molecule has 18 heavy (non-hydrogen) atoms. The highest BCUT2D eigenvalue weighted by Gasteiger charge is 2.07. The lowest BCUT2D eigenvalue weighted by Gasteiger charge is -2.04. The molecule has 0 spiro atoms. The molecule has 1 aromatic rings. The summed E-state index contributed by atoms with van der Waals surface area (Å²) in [6.07, 6.45) is 4.42. The number of sulfonamides is 1. The molecule has 0 bridgehead atoms. The first-order chi connectivity index (χ1) is 8.28. The molecule has 7 nitrogen and oxygen atoms in total. The maximum Gasteiger partial charge on any atom is 0.225 e. The minimum absolute atomic E-state index is 0.0833. The molecule has 1 rings (SSSR count). The second-order valence-electron chi connectivity index (χ2n) is 4.27. The lowest BCUT2D eigenvalue weighted by molar-refractivity contribution is -0.116. The molecule has 0 fully saturated rings. The van der Waals surface area contributed by atoms with Crippen LogP contribution in [-0.2, 0) is 14.8 Å². The van der Waals surface area contributed by atoms with Crippen molar-refractivity contribution in [2.24, 2.45) is 0 Å². The van der Waals surface area contributed by atoms with Crippen molar-refractivity contribution in [3.05, 3.63) is 12.4 Å². The molecule has 0 saturated heterocycles. The smallest absolute Gasteiger partial charge is 0.225 e. The lowest BCUT2D eigenvalue weighted by Crippen LogP contribution is -2.26.